The van der Waals surface area contributed by atoms with E-state index in [0.29, 0.717) is 3.57 Å². The Hall–Kier alpha value is -0.790. The fraction of sp³-hybridized carbons (Fsp3) is 0.250. The van der Waals surface area contributed by atoms with Crippen molar-refractivity contribution in [1.29, 1.82) is 0 Å². The Balaban J connectivity index is 3.08. The summed E-state index contributed by atoms with van der Waals surface area (Å²) in [6.45, 7) is 0. The molecule has 0 aliphatic carbocycles. The number of carbonyl (C=O) groups is 1. The quantitative estimate of drug-likeness (QED) is 0.871. The van der Waals surface area contributed by atoms with Crippen LogP contribution in [-0.4, -0.2) is 16.1 Å². The van der Waals surface area contributed by atoms with Crippen LogP contribution in [0.3, 0.4) is 0 Å². The van der Waals surface area contributed by atoms with E-state index in [1.54, 1.807) is 0 Å². The van der Waals surface area contributed by atoms with E-state index in [1.807, 2.05) is 22.6 Å². The van der Waals surface area contributed by atoms with Gasteiger partial charge in [0.15, 0.2) is 0 Å². The molecule has 0 atom stereocenters. The monoisotopic (exact) mass is 313 g/mol. The van der Waals surface area contributed by atoms with Gasteiger partial charge in [-0.15, -0.1) is 0 Å². The third-order valence-corrected chi connectivity index (χ3v) is 2.11. The molecule has 0 fully saturated rings. The van der Waals surface area contributed by atoms with Crippen molar-refractivity contribution in [3.8, 4) is 0 Å². The Morgan fingerprint density at radius 3 is 2.79 bits per heavy atom. The summed E-state index contributed by atoms with van der Waals surface area (Å²) in [5.74, 6) is -1.17. The van der Waals surface area contributed by atoms with Gasteiger partial charge in [0, 0.05) is 15.3 Å². The fourth-order valence-electron chi connectivity index (χ4n) is 0.963. The number of carboxylic acids is 1. The Morgan fingerprint density at radius 2 is 2.29 bits per heavy atom. The molecule has 1 aromatic heterocycles. The summed E-state index contributed by atoms with van der Waals surface area (Å²) in [5, 5.41) is 8.46. The van der Waals surface area contributed by atoms with Gasteiger partial charge < -0.3 is 5.11 Å². The lowest BCUT2D eigenvalue weighted by Gasteiger charge is -2.05. The Kier molecular flexibility index (Phi) is 3.73. The highest BCUT2D eigenvalue weighted by Gasteiger charge is 2.16. The second kappa shape index (κ2) is 4.63. The van der Waals surface area contributed by atoms with Gasteiger partial charge in [-0.25, -0.2) is 8.78 Å². The Labute approximate surface area is 92.3 Å². The first-order chi connectivity index (χ1) is 6.50. The summed E-state index contributed by atoms with van der Waals surface area (Å²) in [6, 6.07) is 1.25. The number of carboxylic acid groups (broad SMARTS) is 1. The minimum absolute atomic E-state index is 0.0760. The maximum absolute atomic E-state index is 12.4. The van der Waals surface area contributed by atoms with Gasteiger partial charge >= 0.3 is 5.97 Å². The number of halogens is 3. The summed E-state index contributed by atoms with van der Waals surface area (Å²) in [7, 11) is 0. The minimum Gasteiger partial charge on any atom is -0.481 e. The molecule has 3 nitrogen and oxygen atoms in total. The molecular weight excluding hydrogens is 307 g/mol. The molecule has 1 aromatic rings. The average molecular weight is 313 g/mol. The molecule has 0 bridgehead atoms. The van der Waals surface area contributed by atoms with Gasteiger partial charge in [0.05, 0.1) is 12.1 Å². The first kappa shape index (κ1) is 11.3. The molecule has 0 radical (unpaired) electrons. The summed E-state index contributed by atoms with van der Waals surface area (Å²) >= 11 is 1.85. The lowest BCUT2D eigenvalue weighted by atomic mass is 10.1. The van der Waals surface area contributed by atoms with Crippen molar-refractivity contribution >= 4 is 28.6 Å². The lowest BCUT2D eigenvalue weighted by Crippen LogP contribution is -2.06. The number of alkyl halides is 2. The lowest BCUT2D eigenvalue weighted by molar-refractivity contribution is -0.136. The Bertz CT molecular complexity index is 357. The number of nitrogens with zero attached hydrogens (tertiary/aromatic N) is 1. The molecule has 1 rings (SSSR count). The van der Waals surface area contributed by atoms with Crippen LogP contribution < -0.4 is 0 Å². The predicted octanol–water partition coefficient (Wildman–Crippen LogP) is 2.25. The molecule has 6 heteroatoms. The summed E-state index contributed by atoms with van der Waals surface area (Å²) in [4.78, 5) is 14.0. The highest BCUT2D eigenvalue weighted by molar-refractivity contribution is 14.1. The summed E-state index contributed by atoms with van der Waals surface area (Å²) < 4.78 is 25.4. The Morgan fingerprint density at radius 1 is 1.64 bits per heavy atom. The largest absolute Gasteiger partial charge is 0.481 e. The maximum Gasteiger partial charge on any atom is 0.309 e. The van der Waals surface area contributed by atoms with Gasteiger partial charge in [0.1, 0.15) is 0 Å². The van der Waals surface area contributed by atoms with Crippen LogP contribution >= 0.6 is 22.6 Å². The average Bonchev–Trinajstić information content (AvgIpc) is 2.07. The van der Waals surface area contributed by atoms with Crippen molar-refractivity contribution in [2.75, 3.05) is 0 Å². The third kappa shape index (κ3) is 2.86. The van der Waals surface area contributed by atoms with E-state index >= 15 is 0 Å². The number of hydrogen-bond donors (Lipinski definition) is 1. The van der Waals surface area contributed by atoms with Gasteiger partial charge in [-0.2, -0.15) is 0 Å². The fourth-order valence-corrected chi connectivity index (χ4v) is 1.44. The number of hydrogen-bond acceptors (Lipinski definition) is 2. The van der Waals surface area contributed by atoms with E-state index in [4.69, 9.17) is 5.11 Å². The molecule has 0 amide bonds. The molecule has 14 heavy (non-hydrogen) atoms. The molecule has 0 unspecified atom stereocenters. The van der Waals surface area contributed by atoms with Gasteiger partial charge in [-0.3, -0.25) is 9.78 Å². The first-order valence-corrected chi connectivity index (χ1v) is 4.73. The predicted molar refractivity (Wildman–Crippen MR) is 53.3 cm³/mol. The van der Waals surface area contributed by atoms with Crippen molar-refractivity contribution in [3.05, 3.63) is 27.1 Å². The van der Waals surface area contributed by atoms with E-state index in [-0.39, 0.29) is 11.3 Å². The van der Waals surface area contributed by atoms with Crippen molar-refractivity contribution in [1.82, 2.24) is 4.98 Å². The van der Waals surface area contributed by atoms with Gasteiger partial charge in [0.2, 0.25) is 0 Å². The molecule has 76 valence electrons. The van der Waals surface area contributed by atoms with Crippen LogP contribution in [0.25, 0.3) is 0 Å². The van der Waals surface area contributed by atoms with Crippen LogP contribution in [0.5, 0.6) is 0 Å². The van der Waals surface area contributed by atoms with E-state index in [9.17, 15) is 13.6 Å². The van der Waals surface area contributed by atoms with Crippen LogP contribution in [0.15, 0.2) is 12.3 Å². The molecular formula is C8H6F2INO2. The van der Waals surface area contributed by atoms with E-state index in [1.165, 1.54) is 12.3 Å². The molecule has 1 heterocycles. The normalized spacial score (nSPS) is 10.6. The van der Waals surface area contributed by atoms with Gasteiger partial charge in [-0.1, -0.05) is 0 Å². The van der Waals surface area contributed by atoms with Crippen LogP contribution in [-0.2, 0) is 11.2 Å². The first-order valence-electron chi connectivity index (χ1n) is 3.65. The van der Waals surface area contributed by atoms with Crippen LogP contribution in [0.1, 0.15) is 17.7 Å². The van der Waals surface area contributed by atoms with Crippen molar-refractivity contribution in [3.63, 3.8) is 0 Å². The molecule has 0 aromatic carbocycles. The number of aromatic nitrogens is 1. The van der Waals surface area contributed by atoms with Crippen molar-refractivity contribution in [2.45, 2.75) is 12.8 Å². The third-order valence-electron chi connectivity index (χ3n) is 1.52. The SMILES string of the molecule is O=C(O)Cc1ncc(I)cc1C(F)F. The molecule has 0 saturated carbocycles. The molecule has 0 spiro atoms. The van der Waals surface area contributed by atoms with Crippen molar-refractivity contribution < 1.29 is 18.7 Å². The second-order valence-electron chi connectivity index (χ2n) is 2.56. The molecule has 0 aliphatic heterocycles. The van der Waals surface area contributed by atoms with E-state index in [0.717, 1.165) is 0 Å². The van der Waals surface area contributed by atoms with Crippen LogP contribution in [0, 0.1) is 3.57 Å². The van der Waals surface area contributed by atoms with Crippen LogP contribution in [0.2, 0.25) is 0 Å². The molecule has 0 aliphatic rings. The van der Waals surface area contributed by atoms with Gasteiger partial charge in [0.25, 0.3) is 6.43 Å². The summed E-state index contributed by atoms with van der Waals surface area (Å²) in [6.07, 6.45) is -1.80. The zero-order valence-corrected chi connectivity index (χ0v) is 9.03. The van der Waals surface area contributed by atoms with Crippen molar-refractivity contribution in [2.24, 2.45) is 0 Å². The highest BCUT2D eigenvalue weighted by Crippen LogP contribution is 2.23. The standard InChI is InChI=1S/C8H6F2INO2/c9-8(10)5-1-4(11)3-12-6(5)2-7(13)14/h1,3,8H,2H2,(H,13,14). The van der Waals surface area contributed by atoms with E-state index < -0.39 is 18.8 Å². The highest BCUT2D eigenvalue weighted by atomic mass is 127. The number of rotatable bonds is 3. The second-order valence-corrected chi connectivity index (χ2v) is 3.81. The number of aliphatic carboxylic acids is 1. The minimum atomic E-state index is -2.69. The zero-order valence-electron chi connectivity index (χ0n) is 6.88. The summed E-state index contributed by atoms with van der Waals surface area (Å²) in [5.41, 5.74) is -0.382. The van der Waals surface area contributed by atoms with E-state index in [2.05, 4.69) is 4.98 Å². The molecule has 0 saturated heterocycles. The van der Waals surface area contributed by atoms with Gasteiger partial charge in [-0.05, 0) is 28.7 Å². The molecule has 1 N–H and O–H groups in total. The maximum atomic E-state index is 12.4. The smallest absolute Gasteiger partial charge is 0.309 e. The zero-order chi connectivity index (χ0) is 10.7. The van der Waals surface area contributed by atoms with Crippen LogP contribution in [0.4, 0.5) is 8.78 Å². The topological polar surface area (TPSA) is 50.2 Å². The number of pyridine rings is 1.